The molecule has 2 aromatic carbocycles. The first-order valence-electron chi connectivity index (χ1n) is 6.60. The van der Waals surface area contributed by atoms with Crippen molar-refractivity contribution >= 4 is 27.3 Å². The maximum Gasteiger partial charge on any atom is 0.123 e. The molecule has 0 unspecified atom stereocenters. The maximum atomic E-state index is 13.0. The number of nitrogens with one attached hydrogen (secondary N) is 1. The topological polar surface area (TPSA) is 15.3 Å². The standard InChI is InChI=1S/C16H18BrFN2/c1-3-19-11-12-10-13(17)4-9-16(12)20(2)15-7-5-14(18)6-8-15/h4-10,19H,3,11H2,1-2H3. The lowest BCUT2D eigenvalue weighted by Crippen LogP contribution is -2.17. The zero-order valence-electron chi connectivity index (χ0n) is 11.7. The van der Waals surface area contributed by atoms with Crippen LogP contribution in [0, 0.1) is 5.82 Å². The van der Waals surface area contributed by atoms with Crippen LogP contribution in [0.25, 0.3) is 0 Å². The molecule has 0 aliphatic rings. The highest BCUT2D eigenvalue weighted by Crippen LogP contribution is 2.29. The van der Waals surface area contributed by atoms with E-state index >= 15 is 0 Å². The van der Waals surface area contributed by atoms with Crippen molar-refractivity contribution in [1.29, 1.82) is 0 Å². The van der Waals surface area contributed by atoms with Gasteiger partial charge in [-0.2, -0.15) is 0 Å². The van der Waals surface area contributed by atoms with Crippen LogP contribution < -0.4 is 10.2 Å². The third-order valence-corrected chi connectivity index (χ3v) is 3.68. The molecule has 0 amide bonds. The Labute approximate surface area is 127 Å². The Hall–Kier alpha value is -1.39. The van der Waals surface area contributed by atoms with Gasteiger partial charge in [0.15, 0.2) is 0 Å². The first-order chi connectivity index (χ1) is 9.61. The Morgan fingerprint density at radius 2 is 1.85 bits per heavy atom. The summed E-state index contributed by atoms with van der Waals surface area (Å²) in [7, 11) is 1.99. The highest BCUT2D eigenvalue weighted by Gasteiger charge is 2.09. The molecule has 106 valence electrons. The van der Waals surface area contributed by atoms with Gasteiger partial charge in [-0.05, 0) is 54.6 Å². The summed E-state index contributed by atoms with van der Waals surface area (Å²) < 4.78 is 14.1. The van der Waals surface area contributed by atoms with E-state index in [-0.39, 0.29) is 5.82 Å². The summed E-state index contributed by atoms with van der Waals surface area (Å²) in [5.41, 5.74) is 3.28. The zero-order valence-corrected chi connectivity index (χ0v) is 13.2. The molecule has 4 heteroatoms. The number of hydrogen-bond donors (Lipinski definition) is 1. The molecular formula is C16H18BrFN2. The van der Waals surface area contributed by atoms with Gasteiger partial charge in [0.05, 0.1) is 0 Å². The van der Waals surface area contributed by atoms with E-state index in [1.807, 2.05) is 13.1 Å². The molecule has 2 aromatic rings. The van der Waals surface area contributed by atoms with Crippen LogP contribution in [0.5, 0.6) is 0 Å². The molecule has 0 aromatic heterocycles. The van der Waals surface area contributed by atoms with Crippen LogP contribution >= 0.6 is 15.9 Å². The fourth-order valence-corrected chi connectivity index (χ4v) is 2.49. The molecule has 0 saturated carbocycles. The Bertz CT molecular complexity index is 569. The quantitative estimate of drug-likeness (QED) is 0.866. The van der Waals surface area contributed by atoms with E-state index in [1.54, 1.807) is 12.1 Å². The van der Waals surface area contributed by atoms with Gasteiger partial charge in [0, 0.05) is 29.4 Å². The van der Waals surface area contributed by atoms with Crippen LogP contribution in [0.4, 0.5) is 15.8 Å². The molecule has 2 nitrogen and oxygen atoms in total. The van der Waals surface area contributed by atoms with Crippen LogP contribution in [0.1, 0.15) is 12.5 Å². The lowest BCUT2D eigenvalue weighted by atomic mass is 10.1. The second kappa shape index (κ2) is 6.86. The van der Waals surface area contributed by atoms with E-state index in [0.29, 0.717) is 0 Å². The molecule has 0 fully saturated rings. The van der Waals surface area contributed by atoms with Gasteiger partial charge in [-0.1, -0.05) is 22.9 Å². The smallest absolute Gasteiger partial charge is 0.123 e. The monoisotopic (exact) mass is 336 g/mol. The van der Waals surface area contributed by atoms with Crippen LogP contribution in [0.3, 0.4) is 0 Å². The van der Waals surface area contributed by atoms with Crippen LogP contribution in [-0.4, -0.2) is 13.6 Å². The summed E-state index contributed by atoms with van der Waals surface area (Å²) in [6, 6.07) is 12.7. The normalized spacial score (nSPS) is 10.6. The zero-order chi connectivity index (χ0) is 14.5. The summed E-state index contributed by atoms with van der Waals surface area (Å²) in [5, 5.41) is 3.34. The fraction of sp³-hybridized carbons (Fsp3) is 0.250. The van der Waals surface area contributed by atoms with Gasteiger partial charge in [-0.15, -0.1) is 0 Å². The largest absolute Gasteiger partial charge is 0.344 e. The predicted molar refractivity (Wildman–Crippen MR) is 86.0 cm³/mol. The lowest BCUT2D eigenvalue weighted by molar-refractivity contribution is 0.628. The van der Waals surface area contributed by atoms with Gasteiger partial charge in [-0.3, -0.25) is 0 Å². The summed E-state index contributed by atoms with van der Waals surface area (Å²) in [5.74, 6) is -0.217. The Balaban J connectivity index is 2.32. The van der Waals surface area contributed by atoms with Gasteiger partial charge < -0.3 is 10.2 Å². The molecule has 0 heterocycles. The van der Waals surface area contributed by atoms with Crippen molar-refractivity contribution in [3.05, 3.63) is 58.3 Å². The van der Waals surface area contributed by atoms with Crippen molar-refractivity contribution in [1.82, 2.24) is 5.32 Å². The van der Waals surface area contributed by atoms with Crippen LogP contribution in [-0.2, 0) is 6.54 Å². The van der Waals surface area contributed by atoms with E-state index in [9.17, 15) is 4.39 Å². The molecule has 0 saturated heterocycles. The van der Waals surface area contributed by atoms with E-state index in [2.05, 4.69) is 45.2 Å². The molecule has 0 radical (unpaired) electrons. The molecule has 0 aliphatic carbocycles. The summed E-state index contributed by atoms with van der Waals surface area (Å²) >= 11 is 3.51. The number of nitrogens with zero attached hydrogens (tertiary/aromatic N) is 1. The minimum absolute atomic E-state index is 0.217. The highest BCUT2D eigenvalue weighted by molar-refractivity contribution is 9.10. The molecule has 0 aliphatic heterocycles. The van der Waals surface area contributed by atoms with E-state index in [0.717, 1.165) is 28.9 Å². The SMILES string of the molecule is CCNCc1cc(Br)ccc1N(C)c1ccc(F)cc1. The second-order valence-electron chi connectivity index (χ2n) is 4.59. The first-order valence-corrected chi connectivity index (χ1v) is 7.39. The first kappa shape index (κ1) is 15.0. The lowest BCUT2D eigenvalue weighted by Gasteiger charge is -2.23. The molecule has 0 spiro atoms. The van der Waals surface area contributed by atoms with Crippen molar-refractivity contribution < 1.29 is 4.39 Å². The van der Waals surface area contributed by atoms with Crippen molar-refractivity contribution in [2.75, 3.05) is 18.5 Å². The molecular weight excluding hydrogens is 319 g/mol. The third-order valence-electron chi connectivity index (χ3n) is 3.18. The summed E-state index contributed by atoms with van der Waals surface area (Å²) in [6.07, 6.45) is 0. The van der Waals surface area contributed by atoms with Gasteiger partial charge in [-0.25, -0.2) is 4.39 Å². The molecule has 20 heavy (non-hydrogen) atoms. The number of benzene rings is 2. The third kappa shape index (κ3) is 3.58. The van der Waals surface area contributed by atoms with Gasteiger partial charge in [0.1, 0.15) is 5.82 Å². The minimum Gasteiger partial charge on any atom is -0.344 e. The van der Waals surface area contributed by atoms with Gasteiger partial charge in [0.25, 0.3) is 0 Å². The summed E-state index contributed by atoms with van der Waals surface area (Å²) in [4.78, 5) is 2.07. The molecule has 0 bridgehead atoms. The minimum atomic E-state index is -0.217. The highest BCUT2D eigenvalue weighted by atomic mass is 79.9. The van der Waals surface area contributed by atoms with E-state index in [4.69, 9.17) is 0 Å². The van der Waals surface area contributed by atoms with Crippen molar-refractivity contribution in [3.8, 4) is 0 Å². The molecule has 2 rings (SSSR count). The maximum absolute atomic E-state index is 13.0. The van der Waals surface area contributed by atoms with Crippen molar-refractivity contribution in [2.45, 2.75) is 13.5 Å². The number of halogens is 2. The van der Waals surface area contributed by atoms with E-state index in [1.165, 1.54) is 17.7 Å². The Morgan fingerprint density at radius 1 is 1.15 bits per heavy atom. The average molecular weight is 337 g/mol. The van der Waals surface area contributed by atoms with Crippen molar-refractivity contribution in [3.63, 3.8) is 0 Å². The Morgan fingerprint density at radius 3 is 2.50 bits per heavy atom. The molecule has 0 atom stereocenters. The Kier molecular flexibility index (Phi) is 5.15. The number of rotatable bonds is 5. The average Bonchev–Trinajstić information content (AvgIpc) is 2.45. The fourth-order valence-electron chi connectivity index (χ4n) is 2.09. The van der Waals surface area contributed by atoms with Crippen LogP contribution in [0.2, 0.25) is 0 Å². The number of anilines is 2. The van der Waals surface area contributed by atoms with Crippen molar-refractivity contribution in [2.24, 2.45) is 0 Å². The van der Waals surface area contributed by atoms with Crippen LogP contribution in [0.15, 0.2) is 46.9 Å². The van der Waals surface area contributed by atoms with E-state index < -0.39 is 0 Å². The molecule has 1 N–H and O–H groups in total. The number of hydrogen-bond acceptors (Lipinski definition) is 2. The van der Waals surface area contributed by atoms with Gasteiger partial charge in [0.2, 0.25) is 0 Å². The summed E-state index contributed by atoms with van der Waals surface area (Å²) in [6.45, 7) is 3.81. The predicted octanol–water partition coefficient (Wildman–Crippen LogP) is 4.47. The second-order valence-corrected chi connectivity index (χ2v) is 5.50. The van der Waals surface area contributed by atoms with Gasteiger partial charge >= 0.3 is 0 Å².